The molecule has 0 saturated heterocycles. The molecule has 1 aliphatic heterocycles. The van der Waals surface area contributed by atoms with Crippen LogP contribution in [0.2, 0.25) is 0 Å². The molecule has 1 spiro atoms. The molecule has 4 aromatic rings. The Labute approximate surface area is 203 Å². The van der Waals surface area contributed by atoms with E-state index in [2.05, 4.69) is 46.8 Å². The van der Waals surface area contributed by atoms with E-state index in [4.69, 9.17) is 9.97 Å². The molecule has 4 heterocycles. The predicted octanol–water partition coefficient (Wildman–Crippen LogP) is 3.93. The van der Waals surface area contributed by atoms with E-state index < -0.39 is 0 Å². The molecule has 3 aromatic heterocycles. The van der Waals surface area contributed by atoms with Crippen molar-refractivity contribution in [3.63, 3.8) is 0 Å². The zero-order valence-corrected chi connectivity index (χ0v) is 20.1. The minimum atomic E-state index is -0.102. The van der Waals surface area contributed by atoms with Crippen LogP contribution >= 0.6 is 0 Å². The number of hydrogen-bond acceptors (Lipinski definition) is 6. The maximum absolute atomic E-state index is 13.2. The number of anilines is 2. The Morgan fingerprint density at radius 3 is 2.74 bits per heavy atom. The number of rotatable bonds is 5. The van der Waals surface area contributed by atoms with Gasteiger partial charge in [0.2, 0.25) is 5.95 Å². The average Bonchev–Trinajstić information content (AvgIpc) is 3.79. The van der Waals surface area contributed by atoms with Crippen molar-refractivity contribution in [1.82, 2.24) is 29.6 Å². The maximum atomic E-state index is 13.2. The van der Waals surface area contributed by atoms with Gasteiger partial charge in [-0.25, -0.2) is 19.3 Å². The Morgan fingerprint density at radius 2 is 1.97 bits per heavy atom. The highest BCUT2D eigenvalue weighted by Gasteiger charge is 2.46. The van der Waals surface area contributed by atoms with Crippen molar-refractivity contribution in [3.05, 3.63) is 69.8 Å². The highest BCUT2D eigenvalue weighted by atomic mass is 16.1. The zero-order valence-electron chi connectivity index (χ0n) is 20.1. The van der Waals surface area contributed by atoms with Crippen molar-refractivity contribution >= 4 is 22.7 Å². The van der Waals surface area contributed by atoms with Gasteiger partial charge >= 0.3 is 0 Å². The number of fused-ring (bicyclic) bond motifs is 3. The summed E-state index contributed by atoms with van der Waals surface area (Å²) >= 11 is 0. The summed E-state index contributed by atoms with van der Waals surface area (Å²) in [5.41, 5.74) is 5.65. The largest absolute Gasteiger partial charge is 0.324 e. The molecule has 0 amide bonds. The van der Waals surface area contributed by atoms with Crippen molar-refractivity contribution in [2.45, 2.75) is 63.5 Å². The molecule has 0 unspecified atom stereocenters. The molecule has 2 N–H and O–H groups in total. The van der Waals surface area contributed by atoms with Crippen LogP contribution in [-0.2, 0) is 23.9 Å². The molecule has 0 radical (unpaired) electrons. The first kappa shape index (κ1) is 20.8. The van der Waals surface area contributed by atoms with Crippen LogP contribution in [-0.4, -0.2) is 30.9 Å². The highest BCUT2D eigenvalue weighted by molar-refractivity contribution is 5.77. The normalized spacial score (nSPS) is 19.0. The van der Waals surface area contributed by atoms with Crippen LogP contribution in [0.1, 0.15) is 56.4 Å². The fourth-order valence-corrected chi connectivity index (χ4v) is 5.50. The van der Waals surface area contributed by atoms with Gasteiger partial charge in [0.25, 0.3) is 5.56 Å². The second-order valence-electron chi connectivity index (χ2n) is 10.5. The van der Waals surface area contributed by atoms with Crippen LogP contribution in [0.4, 0.5) is 11.6 Å². The maximum Gasteiger partial charge on any atom is 0.278 e. The van der Waals surface area contributed by atoms with Crippen LogP contribution in [0.3, 0.4) is 0 Å². The summed E-state index contributed by atoms with van der Waals surface area (Å²) in [5.74, 6) is 1.19. The average molecular weight is 468 g/mol. The lowest BCUT2D eigenvalue weighted by atomic mass is 9.92. The Kier molecular flexibility index (Phi) is 4.31. The number of benzene rings is 1. The molecule has 178 valence electrons. The van der Waals surface area contributed by atoms with Gasteiger partial charge in [0.05, 0.1) is 0 Å². The van der Waals surface area contributed by atoms with E-state index in [-0.39, 0.29) is 16.5 Å². The number of nitrogens with zero attached hydrogens (tertiary/aromatic N) is 5. The van der Waals surface area contributed by atoms with Gasteiger partial charge in [-0.15, -0.1) is 0 Å². The van der Waals surface area contributed by atoms with E-state index in [0.29, 0.717) is 29.3 Å². The third-order valence-electron chi connectivity index (χ3n) is 8.03. The van der Waals surface area contributed by atoms with Crippen LogP contribution < -0.4 is 16.2 Å². The zero-order chi connectivity index (χ0) is 23.8. The molecule has 8 heteroatoms. The van der Waals surface area contributed by atoms with Gasteiger partial charge in [0, 0.05) is 41.6 Å². The van der Waals surface area contributed by atoms with Gasteiger partial charge in [0.15, 0.2) is 11.5 Å². The van der Waals surface area contributed by atoms with Crippen LogP contribution in [0.15, 0.2) is 47.4 Å². The Hall–Kier alpha value is -3.52. The second-order valence-corrected chi connectivity index (χ2v) is 10.5. The summed E-state index contributed by atoms with van der Waals surface area (Å²) in [5, 5.41) is 7.55. The monoisotopic (exact) mass is 467 g/mol. The molecule has 7 rings (SSSR count). The molecule has 2 fully saturated rings. The van der Waals surface area contributed by atoms with Gasteiger partial charge in [-0.05, 0) is 74.4 Å². The Balaban J connectivity index is 1.30. The lowest BCUT2D eigenvalue weighted by molar-refractivity contribution is 0.490. The standard InChI is InChI=1S/C27H29N7O/c1-3-33-24(35)19-16-28-25(30-18-7-8-20-17(15-18)9-14-29-27(20)12-13-27)32-23(19)34(33)22-6-4-5-21(31-22)26(2)10-11-26/h4-8,15-16,29H,3,9-14H2,1-2H3,(H,28,30,32). The van der Waals surface area contributed by atoms with E-state index >= 15 is 0 Å². The quantitative estimate of drug-likeness (QED) is 0.462. The minimum absolute atomic E-state index is 0.102. The lowest BCUT2D eigenvalue weighted by Gasteiger charge is -2.27. The van der Waals surface area contributed by atoms with E-state index in [1.807, 2.05) is 23.7 Å². The lowest BCUT2D eigenvalue weighted by Crippen LogP contribution is -2.36. The Morgan fingerprint density at radius 1 is 1.11 bits per heavy atom. The first-order chi connectivity index (χ1) is 17.0. The van der Waals surface area contributed by atoms with Gasteiger partial charge in [-0.2, -0.15) is 4.98 Å². The summed E-state index contributed by atoms with van der Waals surface area (Å²) in [4.78, 5) is 27.4. The third kappa shape index (κ3) is 3.23. The summed E-state index contributed by atoms with van der Waals surface area (Å²) < 4.78 is 3.53. The molecule has 2 saturated carbocycles. The van der Waals surface area contributed by atoms with Crippen molar-refractivity contribution in [3.8, 4) is 5.82 Å². The fraction of sp³-hybridized carbons (Fsp3) is 0.407. The predicted molar refractivity (Wildman–Crippen MR) is 136 cm³/mol. The number of nitrogens with one attached hydrogen (secondary N) is 2. The molecule has 0 atom stereocenters. The molecule has 8 nitrogen and oxygen atoms in total. The van der Waals surface area contributed by atoms with Crippen LogP contribution in [0.25, 0.3) is 16.9 Å². The molecule has 35 heavy (non-hydrogen) atoms. The molecule has 0 bridgehead atoms. The SMILES string of the molecule is CCn1c(=O)c2cnc(Nc3ccc4c(c3)CCNC43CC3)nc2n1-c1cccc(C2(C)CC2)n1. The van der Waals surface area contributed by atoms with Gasteiger partial charge in [-0.3, -0.25) is 4.79 Å². The summed E-state index contributed by atoms with van der Waals surface area (Å²) in [6.45, 7) is 5.73. The minimum Gasteiger partial charge on any atom is -0.324 e. The van der Waals surface area contributed by atoms with Gasteiger partial charge in [0.1, 0.15) is 5.39 Å². The van der Waals surface area contributed by atoms with Crippen LogP contribution in [0.5, 0.6) is 0 Å². The summed E-state index contributed by atoms with van der Waals surface area (Å²) in [7, 11) is 0. The van der Waals surface area contributed by atoms with Crippen molar-refractivity contribution < 1.29 is 0 Å². The molecule has 2 aliphatic carbocycles. The smallest absolute Gasteiger partial charge is 0.278 e. The third-order valence-corrected chi connectivity index (χ3v) is 8.03. The van der Waals surface area contributed by atoms with E-state index in [0.717, 1.165) is 37.2 Å². The van der Waals surface area contributed by atoms with E-state index in [1.54, 1.807) is 10.9 Å². The topological polar surface area (TPSA) is 89.7 Å². The van der Waals surface area contributed by atoms with Crippen molar-refractivity contribution in [1.29, 1.82) is 0 Å². The fourth-order valence-electron chi connectivity index (χ4n) is 5.50. The van der Waals surface area contributed by atoms with Crippen molar-refractivity contribution in [2.24, 2.45) is 0 Å². The van der Waals surface area contributed by atoms with E-state index in [1.165, 1.54) is 24.0 Å². The van der Waals surface area contributed by atoms with Gasteiger partial charge < -0.3 is 10.6 Å². The van der Waals surface area contributed by atoms with Crippen LogP contribution in [0, 0.1) is 0 Å². The molecule has 3 aliphatic rings. The second kappa shape index (κ2) is 7.24. The summed E-state index contributed by atoms with van der Waals surface area (Å²) in [6.07, 6.45) is 7.37. The molecular weight excluding hydrogens is 438 g/mol. The first-order valence-corrected chi connectivity index (χ1v) is 12.6. The van der Waals surface area contributed by atoms with Gasteiger partial charge in [-0.1, -0.05) is 19.1 Å². The Bertz CT molecular complexity index is 1540. The first-order valence-electron chi connectivity index (χ1n) is 12.6. The molecular formula is C27H29N7O. The molecule has 1 aromatic carbocycles. The van der Waals surface area contributed by atoms with E-state index in [9.17, 15) is 4.79 Å². The highest BCUT2D eigenvalue weighted by Crippen LogP contribution is 2.49. The number of aromatic nitrogens is 5. The number of pyridine rings is 1. The van der Waals surface area contributed by atoms with Crippen molar-refractivity contribution in [2.75, 3.05) is 11.9 Å². The number of hydrogen-bond donors (Lipinski definition) is 2. The summed E-state index contributed by atoms with van der Waals surface area (Å²) in [6, 6.07) is 12.6.